The zero-order valence-corrected chi connectivity index (χ0v) is 36.0. The molecule has 0 radical (unpaired) electrons. The van der Waals surface area contributed by atoms with Crippen molar-refractivity contribution in [3.05, 3.63) is 99.3 Å². The first-order valence-corrected chi connectivity index (χ1v) is 23.3. The van der Waals surface area contributed by atoms with Crippen LogP contribution in [0, 0.1) is 17.2 Å². The quantitative estimate of drug-likeness (QED) is 0.110. The van der Waals surface area contributed by atoms with E-state index in [1.165, 1.54) is 41.8 Å². The summed E-state index contributed by atoms with van der Waals surface area (Å²) >= 11 is 1.16. The van der Waals surface area contributed by atoms with E-state index in [0.29, 0.717) is 47.8 Å². The molecule has 5 heterocycles. The molecule has 2 unspecified atom stereocenters. The number of nitrogens with zero attached hydrogens (tertiary/aromatic N) is 4. The Balaban J connectivity index is 1.07. The molecular formula is C44H50FN6O8PS. The van der Waals surface area contributed by atoms with Crippen LogP contribution in [-0.2, 0) is 30.7 Å². The summed E-state index contributed by atoms with van der Waals surface area (Å²) in [6, 6.07) is 16.9. The first-order chi connectivity index (χ1) is 29.3. The molecule has 2 aromatic carbocycles. The number of aryl methyl sites for hydroxylation is 1. The Hall–Kier alpha value is -5.36. The summed E-state index contributed by atoms with van der Waals surface area (Å²) in [6.07, 6.45) is 5.98. The Morgan fingerprint density at radius 2 is 1.79 bits per heavy atom. The number of nitriles is 1. The van der Waals surface area contributed by atoms with Crippen LogP contribution in [0.25, 0.3) is 10.1 Å². The monoisotopic (exact) mass is 872 g/mol. The van der Waals surface area contributed by atoms with Gasteiger partial charge in [0.2, 0.25) is 17.7 Å². The molecule has 14 nitrogen and oxygen atoms in total. The van der Waals surface area contributed by atoms with Gasteiger partial charge in [-0.3, -0.25) is 28.5 Å². The number of para-hydroxylation sites is 1. The highest BCUT2D eigenvalue weighted by Gasteiger charge is 2.48. The Labute approximate surface area is 357 Å². The van der Waals surface area contributed by atoms with Crippen LogP contribution >= 0.6 is 18.9 Å². The van der Waals surface area contributed by atoms with Crippen LogP contribution in [-0.4, -0.2) is 81.9 Å². The van der Waals surface area contributed by atoms with Gasteiger partial charge in [-0.2, -0.15) is 5.26 Å². The minimum atomic E-state index is -4.47. The average Bonchev–Trinajstić information content (AvgIpc) is 4.00. The van der Waals surface area contributed by atoms with Crippen LogP contribution in [0.5, 0.6) is 5.75 Å². The SMILES string of the molecule is CCCOC(=O)[C@H](C)NP(=O)(Oc1ccccc1)C(F)c1ccc2sc(C(=O)N[C@H]3CCCC[C@H]4CC[C@@H](C(=O)N5C[C@@H](C#N)[C@H](c6ccn(C)c(=O)c6)C5)N4C3=O)cc2c1. The van der Waals surface area contributed by atoms with Gasteiger partial charge in [-0.25, -0.2) is 9.48 Å². The predicted molar refractivity (Wildman–Crippen MR) is 228 cm³/mol. The Bertz CT molecular complexity index is 2440. The maximum absolute atomic E-state index is 16.5. The van der Waals surface area contributed by atoms with E-state index >= 15 is 4.39 Å². The van der Waals surface area contributed by atoms with Crippen molar-refractivity contribution >= 4 is 52.6 Å². The largest absolute Gasteiger partial charge is 0.465 e. The van der Waals surface area contributed by atoms with Gasteiger partial charge in [0.25, 0.3) is 11.5 Å². The van der Waals surface area contributed by atoms with E-state index in [-0.39, 0.29) is 65.2 Å². The summed E-state index contributed by atoms with van der Waals surface area (Å²) in [6.45, 7) is 3.85. The van der Waals surface area contributed by atoms with E-state index in [0.717, 1.165) is 24.2 Å². The van der Waals surface area contributed by atoms with Crippen molar-refractivity contribution in [1.29, 1.82) is 5.26 Å². The van der Waals surface area contributed by atoms with Crippen LogP contribution in [0.15, 0.2) is 77.7 Å². The number of fused-ring (bicyclic) bond motifs is 2. The smallest absolute Gasteiger partial charge is 0.355 e. The molecular weight excluding hydrogens is 823 g/mol. The second-order valence-corrected chi connectivity index (χ2v) is 19.2. The molecule has 4 aromatic rings. The number of carbonyl (C=O) groups excluding carboxylic acids is 4. The number of benzene rings is 2. The molecule has 17 heteroatoms. The first kappa shape index (κ1) is 43.7. The van der Waals surface area contributed by atoms with Gasteiger partial charge in [0.1, 0.15) is 23.9 Å². The third-order valence-corrected chi connectivity index (χ3v) is 15.0. The zero-order chi connectivity index (χ0) is 43.4. The number of esters is 1. The number of hydrogen-bond acceptors (Lipinski definition) is 10. The number of nitrogens with one attached hydrogen (secondary N) is 2. The number of likely N-dealkylation sites (tertiary alicyclic amines) is 1. The molecule has 0 spiro atoms. The second-order valence-electron chi connectivity index (χ2n) is 16.1. The molecule has 7 rings (SSSR count). The van der Waals surface area contributed by atoms with Crippen molar-refractivity contribution < 1.29 is 37.4 Å². The molecule has 0 saturated carbocycles. The van der Waals surface area contributed by atoms with Gasteiger partial charge in [-0.05, 0) is 91.9 Å². The van der Waals surface area contributed by atoms with E-state index in [1.807, 2.05) is 6.92 Å². The van der Waals surface area contributed by atoms with E-state index in [9.17, 15) is 33.8 Å². The van der Waals surface area contributed by atoms with Crippen molar-refractivity contribution in [3.8, 4) is 11.8 Å². The summed E-state index contributed by atoms with van der Waals surface area (Å²) in [4.78, 5) is 71.0. The number of hydrogen-bond donors (Lipinski definition) is 2. The highest BCUT2D eigenvalue weighted by Crippen LogP contribution is 2.58. The normalized spacial score (nSPS) is 23.5. The van der Waals surface area contributed by atoms with Gasteiger partial charge in [0.05, 0.1) is 23.5 Å². The zero-order valence-electron chi connectivity index (χ0n) is 34.3. The lowest BCUT2D eigenvalue weighted by Crippen LogP contribution is -2.56. The molecule has 3 fully saturated rings. The van der Waals surface area contributed by atoms with Crippen molar-refractivity contribution in [2.75, 3.05) is 19.7 Å². The van der Waals surface area contributed by atoms with Gasteiger partial charge in [-0.15, -0.1) is 11.3 Å². The minimum Gasteiger partial charge on any atom is -0.465 e. The molecule has 3 aliphatic heterocycles. The molecule has 3 saturated heterocycles. The van der Waals surface area contributed by atoms with E-state index < -0.39 is 49.4 Å². The van der Waals surface area contributed by atoms with E-state index in [1.54, 1.807) is 59.4 Å². The summed E-state index contributed by atoms with van der Waals surface area (Å²) in [7, 11) is -2.82. The standard InChI is InChI=1S/C44H50FN6O8PS/c1-4-20-58-44(56)27(2)48-60(57,59-33-11-6-5-7-12-33)40(45)29-14-17-37-30(21-29)22-38(61-37)41(53)47-35-13-9-8-10-32-15-16-36(51(32)42(35)54)43(55)50-25-31(24-46)34(26-50)28-18-19-49(3)39(52)23-28/h5-7,11-12,14,17-19,21-23,27,31-32,34-36,40H,4,8-10,13,15-16,20,25-26H2,1-3H3,(H,47,53)(H,48,57)/t27-,31+,32-,34-,35-,36-,40?,60?/m0/s1. The second kappa shape index (κ2) is 18.7. The predicted octanol–water partition coefficient (Wildman–Crippen LogP) is 6.57. The van der Waals surface area contributed by atoms with Crippen molar-refractivity contribution in [1.82, 2.24) is 24.8 Å². The Morgan fingerprint density at radius 3 is 2.52 bits per heavy atom. The van der Waals surface area contributed by atoms with Gasteiger partial charge in [-0.1, -0.05) is 44.0 Å². The van der Waals surface area contributed by atoms with E-state index in [2.05, 4.69) is 16.5 Å². The van der Waals surface area contributed by atoms with Gasteiger partial charge >= 0.3 is 13.5 Å². The van der Waals surface area contributed by atoms with Gasteiger partial charge in [0, 0.05) is 49.1 Å². The summed E-state index contributed by atoms with van der Waals surface area (Å²) < 4.78 is 43.9. The topological polar surface area (TPSA) is 180 Å². The fourth-order valence-electron chi connectivity index (χ4n) is 8.54. The number of halogens is 1. The minimum absolute atomic E-state index is 0.00238. The van der Waals surface area contributed by atoms with Crippen molar-refractivity contribution in [2.24, 2.45) is 13.0 Å². The molecule has 0 bridgehead atoms. The fraction of sp³-hybridized carbons (Fsp3) is 0.455. The summed E-state index contributed by atoms with van der Waals surface area (Å²) in [5.74, 6) is -4.68. The van der Waals surface area contributed by atoms with Crippen LogP contribution < -0.4 is 20.5 Å². The molecule has 3 amide bonds. The molecule has 8 atom stereocenters. The molecule has 3 aliphatic rings. The number of aromatic nitrogens is 1. The van der Waals surface area contributed by atoms with Crippen molar-refractivity contribution in [3.63, 3.8) is 0 Å². The number of amides is 3. The number of pyridine rings is 1. The lowest BCUT2D eigenvalue weighted by Gasteiger charge is -2.36. The maximum Gasteiger partial charge on any atom is 0.355 e. The summed E-state index contributed by atoms with van der Waals surface area (Å²) in [5.41, 5.74) is 0.503. The number of rotatable bonds is 13. The summed E-state index contributed by atoms with van der Waals surface area (Å²) in [5, 5.41) is 16.0. The lowest BCUT2D eigenvalue weighted by molar-refractivity contribution is -0.146. The molecule has 2 N–H and O–H groups in total. The third kappa shape index (κ3) is 9.44. The lowest BCUT2D eigenvalue weighted by atomic mass is 9.91. The average molecular weight is 873 g/mol. The van der Waals surface area contributed by atoms with Crippen molar-refractivity contribution in [2.45, 2.75) is 94.8 Å². The number of ether oxygens (including phenoxy) is 1. The number of thiophene rings is 1. The molecule has 2 aromatic heterocycles. The number of carbonyl (C=O) groups is 4. The Morgan fingerprint density at radius 1 is 1.02 bits per heavy atom. The van der Waals surface area contributed by atoms with Gasteiger partial charge < -0.3 is 28.9 Å². The first-order valence-electron chi connectivity index (χ1n) is 20.7. The number of alkyl halides is 1. The Kier molecular flexibility index (Phi) is 13.4. The highest BCUT2D eigenvalue weighted by atomic mass is 32.1. The van der Waals surface area contributed by atoms with E-state index in [4.69, 9.17) is 9.26 Å². The molecule has 0 aliphatic carbocycles. The highest BCUT2D eigenvalue weighted by molar-refractivity contribution is 7.57. The molecule has 61 heavy (non-hydrogen) atoms. The van der Waals surface area contributed by atoms with Gasteiger partial charge in [0.15, 0.2) is 0 Å². The fourth-order valence-corrected chi connectivity index (χ4v) is 11.4. The van der Waals surface area contributed by atoms with Crippen LogP contribution in [0.1, 0.15) is 91.4 Å². The molecule has 322 valence electrons. The third-order valence-electron chi connectivity index (χ3n) is 11.8. The maximum atomic E-state index is 16.5. The van der Waals surface area contributed by atoms with Crippen LogP contribution in [0.4, 0.5) is 4.39 Å². The van der Waals surface area contributed by atoms with Crippen LogP contribution in [0.3, 0.4) is 0 Å². The van der Waals surface area contributed by atoms with Crippen LogP contribution in [0.2, 0.25) is 0 Å².